The summed E-state index contributed by atoms with van der Waals surface area (Å²) < 4.78 is 0. The Kier molecular flexibility index (Phi) is 6.38. The fourth-order valence-electron chi connectivity index (χ4n) is 8.36. The summed E-state index contributed by atoms with van der Waals surface area (Å²) in [5.74, 6) is 0.640. The van der Waals surface area contributed by atoms with Crippen LogP contribution in [-0.4, -0.2) is 0 Å². The van der Waals surface area contributed by atoms with Gasteiger partial charge < -0.3 is 5.32 Å². The van der Waals surface area contributed by atoms with E-state index in [1.165, 1.54) is 61.3 Å². The molecule has 3 atom stereocenters. The second-order valence-corrected chi connectivity index (χ2v) is 12.9. The zero-order valence-corrected chi connectivity index (χ0v) is 25.7. The molecule has 0 aliphatic heterocycles. The SMILES string of the molecule is C1=CC2=CC(NC3c4ccccc4C=CC3c3cccc(C4(c5ccccc5)c5ccccc5-c5ccccc54)c3)=CCC2C=C1. The Morgan fingerprint density at radius 2 is 1.33 bits per heavy atom. The Morgan fingerprint density at radius 3 is 2.15 bits per heavy atom. The van der Waals surface area contributed by atoms with Crippen LogP contribution in [0.25, 0.3) is 17.2 Å². The van der Waals surface area contributed by atoms with Gasteiger partial charge in [-0.15, -0.1) is 0 Å². The summed E-state index contributed by atoms with van der Waals surface area (Å²) in [4.78, 5) is 0. The van der Waals surface area contributed by atoms with E-state index in [1.54, 1.807) is 0 Å². The van der Waals surface area contributed by atoms with E-state index in [2.05, 4.69) is 181 Å². The summed E-state index contributed by atoms with van der Waals surface area (Å²) in [7, 11) is 0. The average Bonchev–Trinajstić information content (AvgIpc) is 3.43. The van der Waals surface area contributed by atoms with Gasteiger partial charge >= 0.3 is 0 Å². The molecular weight excluding hydrogens is 555 g/mol. The van der Waals surface area contributed by atoms with Crippen molar-refractivity contribution in [1.29, 1.82) is 0 Å². The highest BCUT2D eigenvalue weighted by atomic mass is 14.9. The van der Waals surface area contributed by atoms with Gasteiger partial charge in [-0.2, -0.15) is 0 Å². The van der Waals surface area contributed by atoms with Gasteiger partial charge in [-0.25, -0.2) is 0 Å². The number of nitrogens with one attached hydrogen (secondary N) is 1. The van der Waals surface area contributed by atoms with Crippen molar-refractivity contribution in [2.45, 2.75) is 23.8 Å². The highest BCUT2D eigenvalue weighted by molar-refractivity contribution is 5.86. The van der Waals surface area contributed by atoms with Gasteiger partial charge in [0.2, 0.25) is 0 Å². The van der Waals surface area contributed by atoms with Crippen LogP contribution >= 0.6 is 0 Å². The highest BCUT2D eigenvalue weighted by Crippen LogP contribution is 2.56. The van der Waals surface area contributed by atoms with Crippen LogP contribution in [0.5, 0.6) is 0 Å². The molecule has 1 nitrogen and oxygen atoms in total. The minimum atomic E-state index is -0.407. The Labute approximate surface area is 271 Å². The molecule has 1 N–H and O–H groups in total. The van der Waals surface area contributed by atoms with E-state index >= 15 is 0 Å². The predicted octanol–water partition coefficient (Wildman–Crippen LogP) is 10.4. The molecule has 9 rings (SSSR count). The summed E-state index contributed by atoms with van der Waals surface area (Å²) in [5, 5.41) is 4.03. The van der Waals surface area contributed by atoms with Gasteiger partial charge in [-0.1, -0.05) is 170 Å². The molecule has 0 spiro atoms. The Morgan fingerprint density at radius 1 is 0.609 bits per heavy atom. The number of rotatable bonds is 5. The molecular formula is C45H35N. The van der Waals surface area contributed by atoms with Gasteiger partial charge in [-0.05, 0) is 68.1 Å². The molecule has 0 saturated carbocycles. The Hall–Kier alpha value is -5.40. The molecule has 0 bridgehead atoms. The van der Waals surface area contributed by atoms with Crippen LogP contribution in [0, 0.1) is 5.92 Å². The molecule has 1 heteroatoms. The second kappa shape index (κ2) is 10.9. The molecule has 0 aromatic heterocycles. The number of allylic oxidation sites excluding steroid dienone is 7. The zero-order valence-electron chi connectivity index (χ0n) is 25.7. The van der Waals surface area contributed by atoms with E-state index in [9.17, 15) is 0 Å². The van der Waals surface area contributed by atoms with Crippen LogP contribution in [0.4, 0.5) is 0 Å². The van der Waals surface area contributed by atoms with Crippen molar-refractivity contribution in [3.63, 3.8) is 0 Å². The largest absolute Gasteiger partial charge is 0.378 e. The summed E-state index contributed by atoms with van der Waals surface area (Å²) in [6.45, 7) is 0. The van der Waals surface area contributed by atoms with E-state index in [1.807, 2.05) is 0 Å². The third-order valence-corrected chi connectivity index (χ3v) is 10.4. The van der Waals surface area contributed by atoms with E-state index in [-0.39, 0.29) is 12.0 Å². The fraction of sp³-hybridized carbons (Fsp3) is 0.111. The monoisotopic (exact) mass is 589 g/mol. The van der Waals surface area contributed by atoms with Crippen LogP contribution in [0.15, 0.2) is 181 Å². The normalized spacial score (nSPS) is 21.3. The van der Waals surface area contributed by atoms with Crippen LogP contribution in [0.2, 0.25) is 0 Å². The van der Waals surface area contributed by atoms with Crippen molar-refractivity contribution in [3.8, 4) is 11.1 Å². The Balaban J connectivity index is 1.20. The molecule has 0 radical (unpaired) electrons. The first kappa shape index (κ1) is 27.0. The lowest BCUT2D eigenvalue weighted by molar-refractivity contribution is 0.540. The number of hydrogen-bond acceptors (Lipinski definition) is 1. The van der Waals surface area contributed by atoms with Gasteiger partial charge in [0.05, 0.1) is 11.5 Å². The quantitative estimate of drug-likeness (QED) is 0.211. The lowest BCUT2D eigenvalue weighted by Gasteiger charge is -2.36. The van der Waals surface area contributed by atoms with Crippen LogP contribution in [0.1, 0.15) is 57.3 Å². The maximum Gasteiger partial charge on any atom is 0.0713 e. The van der Waals surface area contributed by atoms with Crippen molar-refractivity contribution in [3.05, 3.63) is 220 Å². The fourth-order valence-corrected chi connectivity index (χ4v) is 8.36. The van der Waals surface area contributed by atoms with Gasteiger partial charge in [0.25, 0.3) is 0 Å². The Bertz CT molecular complexity index is 2080. The molecule has 0 amide bonds. The van der Waals surface area contributed by atoms with Crippen molar-refractivity contribution in [2.24, 2.45) is 5.92 Å². The van der Waals surface area contributed by atoms with Gasteiger partial charge in [0, 0.05) is 17.5 Å². The molecule has 46 heavy (non-hydrogen) atoms. The molecule has 5 aromatic carbocycles. The lowest BCUT2D eigenvalue weighted by atomic mass is 9.67. The van der Waals surface area contributed by atoms with Crippen molar-refractivity contribution < 1.29 is 0 Å². The molecule has 3 unspecified atom stereocenters. The standard InChI is InChI=1S/C45H35N/c1-2-17-35(18-3-1)45(42-23-10-8-21-40(42)41-22-9-11-24-43(41)45)36-19-12-16-34(29-36)39-28-26-32-14-6-7-20-38(32)44(39)46-37-27-25-31-13-4-5-15-33(31)30-37/h1-24,26-31,39,44,46H,25H2. The molecule has 0 saturated heterocycles. The maximum absolute atomic E-state index is 4.03. The van der Waals surface area contributed by atoms with Gasteiger partial charge in [-0.3, -0.25) is 0 Å². The molecule has 4 aliphatic rings. The predicted molar refractivity (Wildman–Crippen MR) is 190 cm³/mol. The van der Waals surface area contributed by atoms with Crippen molar-refractivity contribution in [1.82, 2.24) is 5.32 Å². The number of benzene rings is 5. The van der Waals surface area contributed by atoms with E-state index in [0.29, 0.717) is 5.92 Å². The first-order chi connectivity index (χ1) is 22.8. The third kappa shape index (κ3) is 4.16. The molecule has 220 valence electrons. The number of hydrogen-bond donors (Lipinski definition) is 1. The zero-order chi connectivity index (χ0) is 30.5. The van der Waals surface area contributed by atoms with E-state index < -0.39 is 5.41 Å². The van der Waals surface area contributed by atoms with E-state index in [0.717, 1.165) is 6.42 Å². The summed E-state index contributed by atoms with van der Waals surface area (Å²) in [5.41, 5.74) is 14.1. The van der Waals surface area contributed by atoms with Gasteiger partial charge in [0.1, 0.15) is 0 Å². The molecule has 4 aliphatic carbocycles. The topological polar surface area (TPSA) is 12.0 Å². The van der Waals surface area contributed by atoms with Gasteiger partial charge in [0.15, 0.2) is 0 Å². The second-order valence-electron chi connectivity index (χ2n) is 12.9. The summed E-state index contributed by atoms with van der Waals surface area (Å²) >= 11 is 0. The first-order valence-corrected chi connectivity index (χ1v) is 16.5. The minimum Gasteiger partial charge on any atom is -0.378 e. The van der Waals surface area contributed by atoms with Crippen LogP contribution in [0.3, 0.4) is 0 Å². The average molecular weight is 590 g/mol. The molecule has 5 aromatic rings. The minimum absolute atomic E-state index is 0.107. The first-order valence-electron chi connectivity index (χ1n) is 16.5. The van der Waals surface area contributed by atoms with Crippen molar-refractivity contribution in [2.75, 3.05) is 0 Å². The number of fused-ring (bicyclic) bond motifs is 5. The van der Waals surface area contributed by atoms with Crippen molar-refractivity contribution >= 4 is 6.08 Å². The molecule has 0 heterocycles. The smallest absolute Gasteiger partial charge is 0.0713 e. The summed E-state index contributed by atoms with van der Waals surface area (Å²) in [6, 6.07) is 47.5. The molecule has 0 fully saturated rings. The highest BCUT2D eigenvalue weighted by Gasteiger charge is 2.46. The van der Waals surface area contributed by atoms with Crippen LogP contribution < -0.4 is 5.32 Å². The maximum atomic E-state index is 4.03. The lowest BCUT2D eigenvalue weighted by Crippen LogP contribution is -2.30. The van der Waals surface area contributed by atoms with Crippen LogP contribution in [-0.2, 0) is 5.41 Å². The van der Waals surface area contributed by atoms with E-state index in [4.69, 9.17) is 0 Å². The third-order valence-electron chi connectivity index (χ3n) is 10.4. The summed E-state index contributed by atoms with van der Waals surface area (Å²) in [6.07, 6.45) is 19.4.